The first-order valence-electron chi connectivity index (χ1n) is 8.08. The van der Waals surface area contributed by atoms with Crippen LogP contribution < -0.4 is 10.6 Å². The Hall–Kier alpha value is -0.850. The maximum atomic E-state index is 11.8. The second-order valence-corrected chi connectivity index (χ2v) is 6.93. The summed E-state index contributed by atoms with van der Waals surface area (Å²) in [6, 6.07) is 0.563. The predicted octanol–water partition coefficient (Wildman–Crippen LogP) is 2.07. The van der Waals surface area contributed by atoms with E-state index in [1.807, 2.05) is 20.8 Å². The number of hydrogen-bond donors (Lipinski definition) is 2. The van der Waals surface area contributed by atoms with Crippen molar-refractivity contribution in [3.63, 3.8) is 0 Å². The zero-order chi connectivity index (χ0) is 16.6. The molecule has 22 heavy (non-hydrogen) atoms. The zero-order valence-electron chi connectivity index (χ0n) is 14.6. The quantitative estimate of drug-likeness (QED) is 0.752. The fourth-order valence-corrected chi connectivity index (χ4v) is 2.67. The third-order valence-corrected chi connectivity index (χ3v) is 3.72. The summed E-state index contributed by atoms with van der Waals surface area (Å²) in [6.07, 6.45) is 3.87. The standard InChI is InChI=1S/C16H32N2O4/c1-16(2,3)22-15(19)18-13-8-6-7-12(9-13)17-10-14(21-5)11-20-4/h12-14,17H,6-11H2,1-5H3,(H,18,19). The summed E-state index contributed by atoms with van der Waals surface area (Å²) in [5, 5.41) is 6.49. The molecule has 130 valence electrons. The van der Waals surface area contributed by atoms with Crippen molar-refractivity contribution in [3.8, 4) is 0 Å². The van der Waals surface area contributed by atoms with Crippen LogP contribution in [0.25, 0.3) is 0 Å². The molecule has 1 saturated carbocycles. The fourth-order valence-electron chi connectivity index (χ4n) is 2.67. The van der Waals surface area contributed by atoms with Gasteiger partial charge in [0.15, 0.2) is 0 Å². The predicted molar refractivity (Wildman–Crippen MR) is 86.1 cm³/mol. The highest BCUT2D eigenvalue weighted by molar-refractivity contribution is 5.68. The fraction of sp³-hybridized carbons (Fsp3) is 0.938. The minimum Gasteiger partial charge on any atom is -0.444 e. The molecule has 0 saturated heterocycles. The SMILES string of the molecule is COCC(CNC1CCCC(NC(=O)OC(C)(C)C)C1)OC. The number of amides is 1. The van der Waals surface area contributed by atoms with Crippen LogP contribution in [0.4, 0.5) is 4.79 Å². The van der Waals surface area contributed by atoms with Crippen LogP contribution in [-0.2, 0) is 14.2 Å². The molecule has 6 heteroatoms. The average molecular weight is 316 g/mol. The molecule has 1 aliphatic rings. The molecule has 6 nitrogen and oxygen atoms in total. The topological polar surface area (TPSA) is 68.8 Å². The third kappa shape index (κ3) is 7.96. The Kier molecular flexibility index (Phi) is 8.14. The molecule has 3 atom stereocenters. The lowest BCUT2D eigenvalue weighted by atomic mass is 9.91. The molecule has 2 N–H and O–H groups in total. The van der Waals surface area contributed by atoms with Gasteiger partial charge in [0.05, 0.1) is 12.7 Å². The van der Waals surface area contributed by atoms with E-state index in [2.05, 4.69) is 10.6 Å². The molecule has 1 amide bonds. The van der Waals surface area contributed by atoms with Crippen LogP contribution >= 0.6 is 0 Å². The molecule has 3 unspecified atom stereocenters. The first-order valence-corrected chi connectivity index (χ1v) is 8.08. The van der Waals surface area contributed by atoms with Crippen molar-refractivity contribution in [1.82, 2.24) is 10.6 Å². The highest BCUT2D eigenvalue weighted by Crippen LogP contribution is 2.19. The van der Waals surface area contributed by atoms with E-state index in [-0.39, 0.29) is 18.2 Å². The van der Waals surface area contributed by atoms with Crippen molar-refractivity contribution in [2.75, 3.05) is 27.4 Å². The van der Waals surface area contributed by atoms with E-state index in [0.29, 0.717) is 12.6 Å². The molecular weight excluding hydrogens is 284 g/mol. The summed E-state index contributed by atoms with van der Waals surface area (Å²) >= 11 is 0. The summed E-state index contributed by atoms with van der Waals surface area (Å²) in [7, 11) is 3.37. The molecule has 1 aliphatic carbocycles. The summed E-state index contributed by atoms with van der Waals surface area (Å²) in [5.74, 6) is 0. The molecule has 0 aliphatic heterocycles. The maximum absolute atomic E-state index is 11.8. The van der Waals surface area contributed by atoms with Crippen molar-refractivity contribution < 1.29 is 19.0 Å². The number of methoxy groups -OCH3 is 2. The number of hydrogen-bond acceptors (Lipinski definition) is 5. The smallest absolute Gasteiger partial charge is 0.407 e. The largest absolute Gasteiger partial charge is 0.444 e. The lowest BCUT2D eigenvalue weighted by Gasteiger charge is -2.32. The summed E-state index contributed by atoms with van der Waals surface area (Å²) in [5.41, 5.74) is -0.456. The van der Waals surface area contributed by atoms with Crippen molar-refractivity contribution in [2.45, 2.75) is 70.2 Å². The van der Waals surface area contributed by atoms with Crippen LogP contribution in [0.5, 0.6) is 0 Å². The molecular formula is C16H32N2O4. The van der Waals surface area contributed by atoms with E-state index in [1.54, 1.807) is 14.2 Å². The maximum Gasteiger partial charge on any atom is 0.407 e. The second-order valence-electron chi connectivity index (χ2n) is 6.93. The van der Waals surface area contributed by atoms with Gasteiger partial charge in [0.2, 0.25) is 0 Å². The van der Waals surface area contributed by atoms with E-state index >= 15 is 0 Å². The first kappa shape index (κ1) is 19.2. The number of carbonyl (C=O) groups excluding carboxylic acids is 1. The van der Waals surface area contributed by atoms with Crippen molar-refractivity contribution in [3.05, 3.63) is 0 Å². The molecule has 0 aromatic rings. The average Bonchev–Trinajstić information content (AvgIpc) is 2.41. The Morgan fingerprint density at radius 2 is 1.91 bits per heavy atom. The highest BCUT2D eigenvalue weighted by atomic mass is 16.6. The molecule has 1 fully saturated rings. The molecule has 0 heterocycles. The number of rotatable bonds is 7. The van der Waals surface area contributed by atoms with Crippen LogP contribution in [0.1, 0.15) is 46.5 Å². The molecule has 0 aromatic heterocycles. The van der Waals surface area contributed by atoms with E-state index in [1.165, 1.54) is 0 Å². The number of ether oxygens (including phenoxy) is 3. The van der Waals surface area contributed by atoms with E-state index in [9.17, 15) is 4.79 Å². The van der Waals surface area contributed by atoms with Gasteiger partial charge in [-0.3, -0.25) is 0 Å². The van der Waals surface area contributed by atoms with Gasteiger partial charge in [-0.15, -0.1) is 0 Å². The summed E-state index contributed by atoms with van der Waals surface area (Å²) in [4.78, 5) is 11.8. The number of alkyl carbamates (subject to hydrolysis) is 1. The minimum absolute atomic E-state index is 0.0594. The van der Waals surface area contributed by atoms with Crippen molar-refractivity contribution in [1.29, 1.82) is 0 Å². The zero-order valence-corrected chi connectivity index (χ0v) is 14.6. The van der Waals surface area contributed by atoms with Gasteiger partial charge in [0.1, 0.15) is 5.60 Å². The Labute approximate surface area is 134 Å². The van der Waals surface area contributed by atoms with Gasteiger partial charge in [-0.25, -0.2) is 4.79 Å². The summed E-state index contributed by atoms with van der Waals surface area (Å²) in [6.45, 7) is 6.96. The minimum atomic E-state index is -0.456. The summed E-state index contributed by atoms with van der Waals surface area (Å²) < 4.78 is 15.8. The molecule has 0 bridgehead atoms. The molecule has 0 aromatic carbocycles. The van der Waals surface area contributed by atoms with E-state index < -0.39 is 5.60 Å². The van der Waals surface area contributed by atoms with Crippen LogP contribution in [-0.4, -0.2) is 57.3 Å². The van der Waals surface area contributed by atoms with Gasteiger partial charge in [-0.05, 0) is 46.5 Å². The number of nitrogens with one attached hydrogen (secondary N) is 2. The number of carbonyl (C=O) groups is 1. The van der Waals surface area contributed by atoms with Gasteiger partial charge in [0, 0.05) is 32.8 Å². The first-order chi connectivity index (χ1) is 10.3. The van der Waals surface area contributed by atoms with Crippen molar-refractivity contribution in [2.24, 2.45) is 0 Å². The molecule has 1 rings (SSSR count). The Morgan fingerprint density at radius 3 is 2.50 bits per heavy atom. The van der Waals surface area contributed by atoms with Gasteiger partial charge in [-0.1, -0.05) is 0 Å². The highest BCUT2D eigenvalue weighted by Gasteiger charge is 2.25. The van der Waals surface area contributed by atoms with E-state index in [4.69, 9.17) is 14.2 Å². The van der Waals surface area contributed by atoms with Crippen LogP contribution in [0.15, 0.2) is 0 Å². The lowest BCUT2D eigenvalue weighted by Crippen LogP contribution is -2.47. The Balaban J connectivity index is 2.33. The normalized spacial score (nSPS) is 23.9. The monoisotopic (exact) mass is 316 g/mol. The van der Waals surface area contributed by atoms with Crippen LogP contribution in [0.3, 0.4) is 0 Å². The van der Waals surface area contributed by atoms with Gasteiger partial charge in [0.25, 0.3) is 0 Å². The van der Waals surface area contributed by atoms with Crippen LogP contribution in [0.2, 0.25) is 0 Å². The third-order valence-electron chi connectivity index (χ3n) is 3.72. The van der Waals surface area contributed by atoms with Gasteiger partial charge >= 0.3 is 6.09 Å². The Morgan fingerprint density at radius 1 is 1.23 bits per heavy atom. The second kappa shape index (κ2) is 9.33. The van der Waals surface area contributed by atoms with Gasteiger partial charge in [-0.2, -0.15) is 0 Å². The lowest BCUT2D eigenvalue weighted by molar-refractivity contribution is 0.0259. The van der Waals surface area contributed by atoms with Crippen LogP contribution in [0, 0.1) is 0 Å². The Bertz CT molecular complexity index is 331. The van der Waals surface area contributed by atoms with Gasteiger partial charge < -0.3 is 24.8 Å². The van der Waals surface area contributed by atoms with E-state index in [0.717, 1.165) is 32.2 Å². The van der Waals surface area contributed by atoms with Crippen molar-refractivity contribution >= 4 is 6.09 Å². The molecule has 0 spiro atoms. The molecule has 0 radical (unpaired) electrons.